The van der Waals surface area contributed by atoms with Gasteiger partial charge in [-0.3, -0.25) is 14.9 Å². The molecule has 90 valence electrons. The number of benzene rings is 1. The molecule has 1 aromatic carbocycles. The third-order valence-electron chi connectivity index (χ3n) is 2.90. The number of fused-ring (bicyclic) bond motifs is 1. The van der Waals surface area contributed by atoms with Gasteiger partial charge >= 0.3 is 0 Å². The van der Waals surface area contributed by atoms with Gasteiger partial charge in [-0.2, -0.15) is 0 Å². The van der Waals surface area contributed by atoms with Crippen molar-refractivity contribution in [2.24, 2.45) is 0 Å². The quantitative estimate of drug-likeness (QED) is 0.666. The van der Waals surface area contributed by atoms with Crippen LogP contribution >= 0.6 is 11.3 Å². The smallest absolute Gasteiger partial charge is 0.269 e. The van der Waals surface area contributed by atoms with Gasteiger partial charge in [-0.1, -0.05) is 6.07 Å². The fourth-order valence-electron chi connectivity index (χ4n) is 2.10. The zero-order chi connectivity index (χ0) is 12.7. The van der Waals surface area contributed by atoms with Gasteiger partial charge in [-0.05, 0) is 17.5 Å². The number of hydrogen-bond donors (Lipinski definition) is 1. The first-order valence-corrected chi connectivity index (χ1v) is 6.17. The Bertz CT molecular complexity index is 637. The second kappa shape index (κ2) is 3.92. The number of hydrogen-bond acceptors (Lipinski definition) is 4. The van der Waals surface area contributed by atoms with Crippen LogP contribution in [0.15, 0.2) is 35.7 Å². The molecular weight excluding hydrogens is 252 g/mol. The first-order chi connectivity index (χ1) is 8.66. The lowest BCUT2D eigenvalue weighted by molar-refractivity contribution is -0.384. The minimum Gasteiger partial charge on any atom is -0.325 e. The summed E-state index contributed by atoms with van der Waals surface area (Å²) < 4.78 is 0. The molecule has 0 radical (unpaired) electrons. The number of anilines is 1. The van der Waals surface area contributed by atoms with Crippen LogP contribution < -0.4 is 5.32 Å². The lowest BCUT2D eigenvalue weighted by atomic mass is 9.98. The summed E-state index contributed by atoms with van der Waals surface area (Å²) in [4.78, 5) is 23.2. The van der Waals surface area contributed by atoms with E-state index in [2.05, 4.69) is 5.32 Å². The van der Waals surface area contributed by atoms with Gasteiger partial charge in [-0.25, -0.2) is 0 Å². The van der Waals surface area contributed by atoms with Gasteiger partial charge in [0, 0.05) is 28.3 Å². The number of non-ortho nitro benzene ring substituents is 1. The van der Waals surface area contributed by atoms with Gasteiger partial charge in [0.2, 0.25) is 5.91 Å². The van der Waals surface area contributed by atoms with Crippen molar-refractivity contribution in [1.29, 1.82) is 0 Å². The fraction of sp³-hybridized carbons (Fsp3) is 0.0833. The molecule has 0 saturated heterocycles. The molecule has 1 unspecified atom stereocenters. The van der Waals surface area contributed by atoms with Crippen molar-refractivity contribution in [2.75, 3.05) is 5.32 Å². The molecule has 1 N–H and O–H groups in total. The van der Waals surface area contributed by atoms with Gasteiger partial charge in [-0.15, -0.1) is 11.3 Å². The van der Waals surface area contributed by atoms with E-state index in [0.717, 1.165) is 4.88 Å². The third-order valence-corrected chi connectivity index (χ3v) is 3.84. The Hall–Kier alpha value is -2.21. The van der Waals surface area contributed by atoms with Gasteiger partial charge in [0.05, 0.1) is 10.8 Å². The number of thiophene rings is 1. The SMILES string of the molecule is O=C1Nc2ccc([N+](=O)[O-])cc2C1c1cccs1. The van der Waals surface area contributed by atoms with Crippen molar-refractivity contribution in [3.8, 4) is 0 Å². The van der Waals surface area contributed by atoms with E-state index in [1.54, 1.807) is 6.07 Å². The normalized spacial score (nSPS) is 17.3. The molecule has 0 bridgehead atoms. The number of nitro benzene ring substituents is 1. The van der Waals surface area contributed by atoms with Gasteiger partial charge in [0.15, 0.2) is 0 Å². The summed E-state index contributed by atoms with van der Waals surface area (Å²) in [6, 6.07) is 8.18. The van der Waals surface area contributed by atoms with Crippen molar-refractivity contribution >= 4 is 28.6 Å². The largest absolute Gasteiger partial charge is 0.325 e. The van der Waals surface area contributed by atoms with Crippen molar-refractivity contribution in [3.05, 3.63) is 56.3 Å². The van der Waals surface area contributed by atoms with Crippen LogP contribution in [0.3, 0.4) is 0 Å². The molecule has 1 aromatic heterocycles. The van der Waals surface area contributed by atoms with Gasteiger partial charge in [0.1, 0.15) is 0 Å². The molecule has 0 fully saturated rings. The molecule has 6 heteroatoms. The summed E-state index contributed by atoms with van der Waals surface area (Å²) in [5.74, 6) is -0.562. The number of rotatable bonds is 2. The molecule has 18 heavy (non-hydrogen) atoms. The number of nitrogens with one attached hydrogen (secondary N) is 1. The molecule has 0 aliphatic carbocycles. The zero-order valence-electron chi connectivity index (χ0n) is 9.12. The van der Waals surface area contributed by atoms with E-state index in [4.69, 9.17) is 0 Å². The van der Waals surface area contributed by atoms with E-state index in [1.165, 1.54) is 23.5 Å². The van der Waals surface area contributed by atoms with Crippen LogP contribution in [-0.2, 0) is 4.79 Å². The molecule has 0 saturated carbocycles. The van der Waals surface area contributed by atoms with Crippen molar-refractivity contribution in [1.82, 2.24) is 0 Å². The summed E-state index contributed by atoms with van der Waals surface area (Å²) in [5, 5.41) is 15.4. The zero-order valence-corrected chi connectivity index (χ0v) is 9.94. The number of carbonyl (C=O) groups excluding carboxylic acids is 1. The minimum atomic E-state index is -0.450. The minimum absolute atomic E-state index is 0.00630. The average molecular weight is 260 g/mol. The lowest BCUT2D eigenvalue weighted by Crippen LogP contribution is -2.11. The Balaban J connectivity index is 2.13. The molecule has 3 rings (SSSR count). The summed E-state index contributed by atoms with van der Waals surface area (Å²) >= 11 is 1.47. The first-order valence-electron chi connectivity index (χ1n) is 5.29. The maximum atomic E-state index is 11.9. The molecule has 1 aliphatic heterocycles. The summed E-state index contributed by atoms with van der Waals surface area (Å²) in [6.45, 7) is 0. The van der Waals surface area contributed by atoms with E-state index in [0.29, 0.717) is 11.3 Å². The van der Waals surface area contributed by atoms with Crippen LogP contribution in [-0.4, -0.2) is 10.8 Å². The van der Waals surface area contributed by atoms with Crippen molar-refractivity contribution < 1.29 is 9.72 Å². The highest BCUT2D eigenvalue weighted by atomic mass is 32.1. The van der Waals surface area contributed by atoms with Crippen LogP contribution in [0.4, 0.5) is 11.4 Å². The highest BCUT2D eigenvalue weighted by molar-refractivity contribution is 7.10. The molecule has 2 heterocycles. The molecule has 2 aromatic rings. The Morgan fingerprint density at radius 1 is 1.33 bits per heavy atom. The Morgan fingerprint density at radius 3 is 2.83 bits per heavy atom. The summed E-state index contributed by atoms with van der Waals surface area (Å²) in [5.41, 5.74) is 1.34. The predicted molar refractivity (Wildman–Crippen MR) is 67.9 cm³/mol. The van der Waals surface area contributed by atoms with Crippen LogP contribution in [0.25, 0.3) is 0 Å². The third kappa shape index (κ3) is 1.58. The molecule has 5 nitrogen and oxygen atoms in total. The maximum Gasteiger partial charge on any atom is 0.269 e. The number of nitro groups is 1. The van der Waals surface area contributed by atoms with Crippen LogP contribution in [0.1, 0.15) is 16.4 Å². The molecule has 1 amide bonds. The Kier molecular flexibility index (Phi) is 2.38. The summed E-state index contributed by atoms with van der Waals surface area (Å²) in [7, 11) is 0. The molecular formula is C12H8N2O3S. The van der Waals surface area contributed by atoms with E-state index in [9.17, 15) is 14.9 Å². The standard InChI is InChI=1S/C12H8N2O3S/c15-12-11(10-2-1-5-18-10)8-6-7(14(16)17)3-4-9(8)13-12/h1-6,11H,(H,13,15). The van der Waals surface area contributed by atoms with E-state index < -0.39 is 10.8 Å². The molecule has 0 spiro atoms. The first kappa shape index (κ1) is 10.9. The van der Waals surface area contributed by atoms with Crippen LogP contribution in [0, 0.1) is 10.1 Å². The summed E-state index contributed by atoms with van der Waals surface area (Å²) in [6.07, 6.45) is 0. The van der Waals surface area contributed by atoms with E-state index >= 15 is 0 Å². The van der Waals surface area contributed by atoms with Gasteiger partial charge in [0.25, 0.3) is 5.69 Å². The second-order valence-electron chi connectivity index (χ2n) is 3.97. The number of carbonyl (C=O) groups is 1. The topological polar surface area (TPSA) is 72.2 Å². The number of nitrogens with zero attached hydrogens (tertiary/aromatic N) is 1. The Morgan fingerprint density at radius 2 is 2.17 bits per heavy atom. The van der Waals surface area contributed by atoms with E-state index in [-0.39, 0.29) is 11.6 Å². The monoisotopic (exact) mass is 260 g/mol. The van der Waals surface area contributed by atoms with Crippen LogP contribution in [0.5, 0.6) is 0 Å². The molecule has 1 atom stereocenters. The fourth-order valence-corrected chi connectivity index (χ4v) is 2.94. The average Bonchev–Trinajstić information content (AvgIpc) is 2.93. The lowest BCUT2D eigenvalue weighted by Gasteiger charge is -2.05. The van der Waals surface area contributed by atoms with Crippen LogP contribution in [0.2, 0.25) is 0 Å². The van der Waals surface area contributed by atoms with Gasteiger partial charge < -0.3 is 5.32 Å². The van der Waals surface area contributed by atoms with E-state index in [1.807, 2.05) is 17.5 Å². The number of amides is 1. The second-order valence-corrected chi connectivity index (χ2v) is 4.95. The van der Waals surface area contributed by atoms with Crippen molar-refractivity contribution in [2.45, 2.75) is 5.92 Å². The highest BCUT2D eigenvalue weighted by Gasteiger charge is 2.33. The maximum absolute atomic E-state index is 11.9. The van der Waals surface area contributed by atoms with Crippen molar-refractivity contribution in [3.63, 3.8) is 0 Å². The Labute approximate surface area is 106 Å². The highest BCUT2D eigenvalue weighted by Crippen LogP contribution is 2.40. The molecule has 1 aliphatic rings. The predicted octanol–water partition coefficient (Wildman–Crippen LogP) is 2.74.